The first kappa shape index (κ1) is 12.7. The van der Waals surface area contributed by atoms with E-state index in [0.29, 0.717) is 0 Å². The molecule has 86 valence electrons. The number of aliphatic hydroxyl groups is 1. The Morgan fingerprint density at radius 3 is 2.40 bits per heavy atom. The number of rotatable bonds is 5. The van der Waals surface area contributed by atoms with Gasteiger partial charge in [0.15, 0.2) is 0 Å². The van der Waals surface area contributed by atoms with Crippen LogP contribution in [0.3, 0.4) is 0 Å². The molecular weight excluding hydrogens is 206 g/mol. The fraction of sp³-hybridized carbons (Fsp3) is 0.667. The summed E-state index contributed by atoms with van der Waals surface area (Å²) in [5, 5.41) is 9.26. The van der Waals surface area contributed by atoms with E-state index in [2.05, 4.69) is 44.9 Å². The highest BCUT2D eigenvalue weighted by molar-refractivity contribution is 7.11. The smallest absolute Gasteiger partial charge is 0.0610 e. The van der Waals surface area contributed by atoms with Gasteiger partial charge in [0.2, 0.25) is 0 Å². The summed E-state index contributed by atoms with van der Waals surface area (Å²) in [5.74, 6) is 0. The SMILES string of the molecule is CCc1ccc(CN(C)C(C)(C)CO)s1. The fourth-order valence-corrected chi connectivity index (χ4v) is 2.28. The van der Waals surface area contributed by atoms with Crippen LogP contribution in [-0.4, -0.2) is 29.2 Å². The summed E-state index contributed by atoms with van der Waals surface area (Å²) in [5.41, 5.74) is -0.142. The molecule has 0 atom stereocenters. The van der Waals surface area contributed by atoms with Gasteiger partial charge in [-0.15, -0.1) is 11.3 Å². The van der Waals surface area contributed by atoms with Crippen molar-refractivity contribution >= 4 is 11.3 Å². The van der Waals surface area contributed by atoms with Crippen LogP contribution in [-0.2, 0) is 13.0 Å². The highest BCUT2D eigenvalue weighted by atomic mass is 32.1. The second kappa shape index (κ2) is 5.10. The molecule has 1 aromatic rings. The van der Waals surface area contributed by atoms with Gasteiger partial charge in [-0.1, -0.05) is 6.92 Å². The third-order valence-electron chi connectivity index (χ3n) is 2.88. The molecule has 0 aliphatic rings. The number of nitrogens with zero attached hydrogens (tertiary/aromatic N) is 1. The molecule has 0 fully saturated rings. The molecule has 0 bridgehead atoms. The molecule has 0 spiro atoms. The largest absolute Gasteiger partial charge is 0.394 e. The average molecular weight is 227 g/mol. The van der Waals surface area contributed by atoms with Crippen molar-refractivity contribution in [2.45, 2.75) is 39.3 Å². The first-order valence-corrected chi connectivity index (χ1v) is 6.21. The lowest BCUT2D eigenvalue weighted by Gasteiger charge is -2.33. The van der Waals surface area contributed by atoms with E-state index in [-0.39, 0.29) is 12.1 Å². The zero-order chi connectivity index (χ0) is 11.5. The summed E-state index contributed by atoms with van der Waals surface area (Å²) in [6.45, 7) is 7.40. The zero-order valence-corrected chi connectivity index (χ0v) is 10.9. The molecule has 0 radical (unpaired) electrons. The summed E-state index contributed by atoms with van der Waals surface area (Å²) in [6.07, 6.45) is 1.11. The summed E-state index contributed by atoms with van der Waals surface area (Å²) in [4.78, 5) is 4.99. The van der Waals surface area contributed by atoms with Crippen LogP contribution in [0.1, 0.15) is 30.5 Å². The summed E-state index contributed by atoms with van der Waals surface area (Å²) >= 11 is 1.86. The van der Waals surface area contributed by atoms with Crippen molar-refractivity contribution < 1.29 is 5.11 Å². The predicted octanol–water partition coefficient (Wildman–Crippen LogP) is 2.51. The normalized spacial score (nSPS) is 12.4. The molecule has 0 saturated heterocycles. The van der Waals surface area contributed by atoms with Crippen molar-refractivity contribution in [3.05, 3.63) is 21.9 Å². The van der Waals surface area contributed by atoms with Gasteiger partial charge in [-0.25, -0.2) is 0 Å². The zero-order valence-electron chi connectivity index (χ0n) is 10.1. The second-order valence-corrected chi connectivity index (χ2v) is 5.80. The molecular formula is C12H21NOS. The molecule has 2 nitrogen and oxygen atoms in total. The second-order valence-electron chi connectivity index (χ2n) is 4.55. The van der Waals surface area contributed by atoms with E-state index >= 15 is 0 Å². The topological polar surface area (TPSA) is 23.5 Å². The third kappa shape index (κ3) is 3.30. The quantitative estimate of drug-likeness (QED) is 0.835. The van der Waals surface area contributed by atoms with Gasteiger partial charge in [0.25, 0.3) is 0 Å². The maximum Gasteiger partial charge on any atom is 0.0610 e. The lowest BCUT2D eigenvalue weighted by atomic mass is 10.1. The van der Waals surface area contributed by atoms with Crippen molar-refractivity contribution in [1.29, 1.82) is 0 Å². The van der Waals surface area contributed by atoms with E-state index in [4.69, 9.17) is 0 Å². The Balaban J connectivity index is 2.61. The van der Waals surface area contributed by atoms with Crippen LogP contribution in [0.15, 0.2) is 12.1 Å². The number of hydrogen-bond acceptors (Lipinski definition) is 3. The van der Waals surface area contributed by atoms with E-state index in [1.807, 2.05) is 11.3 Å². The molecule has 1 aromatic heterocycles. The van der Waals surface area contributed by atoms with E-state index in [1.54, 1.807) is 0 Å². The molecule has 1 heterocycles. The Hall–Kier alpha value is -0.380. The fourth-order valence-electron chi connectivity index (χ4n) is 1.27. The third-order valence-corrected chi connectivity index (χ3v) is 4.09. The van der Waals surface area contributed by atoms with E-state index in [0.717, 1.165) is 13.0 Å². The van der Waals surface area contributed by atoms with Gasteiger partial charge < -0.3 is 5.11 Å². The molecule has 0 amide bonds. The van der Waals surface area contributed by atoms with Gasteiger partial charge in [-0.05, 0) is 39.4 Å². The van der Waals surface area contributed by atoms with Crippen LogP contribution < -0.4 is 0 Å². The van der Waals surface area contributed by atoms with Crippen molar-refractivity contribution in [1.82, 2.24) is 4.90 Å². The first-order valence-electron chi connectivity index (χ1n) is 5.39. The number of hydrogen-bond donors (Lipinski definition) is 1. The van der Waals surface area contributed by atoms with Crippen LogP contribution in [0.5, 0.6) is 0 Å². The van der Waals surface area contributed by atoms with Gasteiger partial charge in [-0.2, -0.15) is 0 Å². The highest BCUT2D eigenvalue weighted by Crippen LogP contribution is 2.21. The molecule has 15 heavy (non-hydrogen) atoms. The minimum Gasteiger partial charge on any atom is -0.394 e. The molecule has 0 unspecified atom stereocenters. The number of thiophene rings is 1. The minimum absolute atomic E-state index is 0.142. The number of likely N-dealkylation sites (N-methyl/N-ethyl adjacent to an activating group) is 1. The van der Waals surface area contributed by atoms with Gasteiger partial charge in [-0.3, -0.25) is 4.90 Å². The number of aryl methyl sites for hydroxylation is 1. The molecule has 1 rings (SSSR count). The highest BCUT2D eigenvalue weighted by Gasteiger charge is 2.22. The average Bonchev–Trinajstić information content (AvgIpc) is 2.65. The van der Waals surface area contributed by atoms with E-state index < -0.39 is 0 Å². The van der Waals surface area contributed by atoms with Crippen LogP contribution >= 0.6 is 11.3 Å². The monoisotopic (exact) mass is 227 g/mol. The lowest BCUT2D eigenvalue weighted by Crippen LogP contribution is -2.43. The van der Waals surface area contributed by atoms with E-state index in [9.17, 15) is 5.11 Å². The molecule has 0 aliphatic heterocycles. The molecule has 0 saturated carbocycles. The first-order chi connectivity index (χ1) is 6.99. The summed E-state index contributed by atoms with van der Waals surface area (Å²) < 4.78 is 0. The molecule has 3 heteroatoms. The van der Waals surface area contributed by atoms with Gasteiger partial charge in [0.1, 0.15) is 0 Å². The van der Waals surface area contributed by atoms with E-state index in [1.165, 1.54) is 9.75 Å². The van der Waals surface area contributed by atoms with Crippen molar-refractivity contribution in [2.24, 2.45) is 0 Å². The standard InChI is InChI=1S/C12H21NOS/c1-5-10-6-7-11(15-10)8-13(4)12(2,3)9-14/h6-7,14H,5,8-9H2,1-4H3. The van der Waals surface area contributed by atoms with Crippen molar-refractivity contribution in [2.75, 3.05) is 13.7 Å². The van der Waals surface area contributed by atoms with Crippen LogP contribution in [0.2, 0.25) is 0 Å². The summed E-state index contributed by atoms with van der Waals surface area (Å²) in [6, 6.07) is 4.38. The Morgan fingerprint density at radius 2 is 1.93 bits per heavy atom. The van der Waals surface area contributed by atoms with Gasteiger partial charge in [0, 0.05) is 21.8 Å². The van der Waals surface area contributed by atoms with Crippen molar-refractivity contribution in [3.63, 3.8) is 0 Å². The predicted molar refractivity (Wildman–Crippen MR) is 66.3 cm³/mol. The Bertz CT molecular complexity index is 306. The molecule has 0 aromatic carbocycles. The lowest BCUT2D eigenvalue weighted by molar-refractivity contribution is 0.0741. The van der Waals surface area contributed by atoms with Crippen LogP contribution in [0.4, 0.5) is 0 Å². The van der Waals surface area contributed by atoms with Crippen LogP contribution in [0, 0.1) is 0 Å². The van der Waals surface area contributed by atoms with Crippen LogP contribution in [0.25, 0.3) is 0 Å². The summed E-state index contributed by atoms with van der Waals surface area (Å²) in [7, 11) is 2.06. The molecule has 0 aliphatic carbocycles. The molecule has 1 N–H and O–H groups in total. The number of aliphatic hydroxyl groups excluding tert-OH is 1. The Labute approximate surface area is 96.5 Å². The van der Waals surface area contributed by atoms with Crippen molar-refractivity contribution in [3.8, 4) is 0 Å². The Morgan fingerprint density at radius 1 is 1.33 bits per heavy atom. The minimum atomic E-state index is -0.142. The van der Waals surface area contributed by atoms with Gasteiger partial charge >= 0.3 is 0 Å². The van der Waals surface area contributed by atoms with Gasteiger partial charge in [0.05, 0.1) is 6.61 Å². The Kier molecular flexibility index (Phi) is 4.32. The maximum atomic E-state index is 9.26. The maximum absolute atomic E-state index is 9.26.